The Morgan fingerprint density at radius 2 is 1.89 bits per heavy atom. The third-order valence-electron chi connectivity index (χ3n) is 8.26. The molecule has 4 bridgehead atoms. The molecule has 5 atom stereocenters. The van der Waals surface area contributed by atoms with Gasteiger partial charge in [0.25, 0.3) is 0 Å². The lowest BCUT2D eigenvalue weighted by molar-refractivity contribution is -0.385. The van der Waals surface area contributed by atoms with E-state index in [1.807, 2.05) is 30.3 Å². The van der Waals surface area contributed by atoms with E-state index >= 15 is 0 Å². The molecular weight excluding hydrogens is 446 g/mol. The first kappa shape index (κ1) is 23.7. The third-order valence-corrected chi connectivity index (χ3v) is 8.26. The zero-order valence-electron chi connectivity index (χ0n) is 20.4. The quantitative estimate of drug-likeness (QED) is 0.308. The van der Waals surface area contributed by atoms with E-state index in [9.17, 15) is 14.9 Å². The van der Waals surface area contributed by atoms with Crippen LogP contribution in [-0.4, -0.2) is 41.2 Å². The lowest BCUT2D eigenvalue weighted by Crippen LogP contribution is -2.59. The maximum Gasteiger partial charge on any atom is 0.342 e. The van der Waals surface area contributed by atoms with Crippen molar-refractivity contribution in [3.05, 3.63) is 63.5 Å². The minimum atomic E-state index is -0.586. The molecule has 4 saturated carbocycles. The summed E-state index contributed by atoms with van der Waals surface area (Å²) < 4.78 is 11.2. The molecule has 6 rings (SSSR count). The summed E-state index contributed by atoms with van der Waals surface area (Å²) in [6.45, 7) is 1.91. The van der Waals surface area contributed by atoms with Crippen LogP contribution in [0.15, 0.2) is 36.5 Å². The Morgan fingerprint density at radius 3 is 2.51 bits per heavy atom. The average molecular weight is 480 g/mol. The number of anilines is 1. The lowest BCUT2D eigenvalue weighted by Gasteiger charge is -2.59. The van der Waals surface area contributed by atoms with E-state index in [4.69, 9.17) is 9.47 Å². The van der Waals surface area contributed by atoms with Gasteiger partial charge in [-0.2, -0.15) is 0 Å². The SMILES string of the molecule is CCOC(=O)c1cnc(CCc2ccccc2)c([N+](=O)[O-])c1NC1[C@@H]2CC3C[C@H]1CC(OC)(C3)C2. The minimum Gasteiger partial charge on any atom is -0.462 e. The van der Waals surface area contributed by atoms with Crippen LogP contribution < -0.4 is 5.32 Å². The van der Waals surface area contributed by atoms with Crippen molar-refractivity contribution in [3.8, 4) is 0 Å². The molecule has 8 nitrogen and oxygen atoms in total. The van der Waals surface area contributed by atoms with Gasteiger partial charge in [-0.15, -0.1) is 0 Å². The number of carbonyl (C=O) groups excluding carboxylic acids is 1. The number of rotatable bonds is 9. The first-order valence-electron chi connectivity index (χ1n) is 12.6. The van der Waals surface area contributed by atoms with Crippen molar-refractivity contribution in [2.45, 2.75) is 63.5 Å². The van der Waals surface area contributed by atoms with Gasteiger partial charge in [-0.05, 0) is 68.8 Å². The number of methoxy groups -OCH3 is 1. The van der Waals surface area contributed by atoms with Gasteiger partial charge in [-0.1, -0.05) is 30.3 Å². The van der Waals surface area contributed by atoms with Gasteiger partial charge >= 0.3 is 11.7 Å². The lowest BCUT2D eigenvalue weighted by atomic mass is 9.52. The summed E-state index contributed by atoms with van der Waals surface area (Å²) >= 11 is 0. The number of nitrogens with one attached hydrogen (secondary N) is 1. The van der Waals surface area contributed by atoms with Crippen LogP contribution in [-0.2, 0) is 22.3 Å². The van der Waals surface area contributed by atoms with Crippen LogP contribution in [0, 0.1) is 27.9 Å². The number of hydrogen-bond acceptors (Lipinski definition) is 7. The third kappa shape index (κ3) is 4.51. The van der Waals surface area contributed by atoms with Crippen molar-refractivity contribution in [1.82, 2.24) is 4.98 Å². The van der Waals surface area contributed by atoms with E-state index in [-0.39, 0.29) is 35.2 Å². The summed E-state index contributed by atoms with van der Waals surface area (Å²) in [4.78, 5) is 29.2. The van der Waals surface area contributed by atoms with Crippen molar-refractivity contribution in [3.63, 3.8) is 0 Å². The molecule has 1 aromatic heterocycles. The second-order valence-electron chi connectivity index (χ2n) is 10.3. The van der Waals surface area contributed by atoms with Crippen molar-refractivity contribution < 1.29 is 19.2 Å². The molecule has 0 saturated heterocycles. The Labute approximate surface area is 205 Å². The number of pyridine rings is 1. The molecule has 0 aliphatic heterocycles. The molecule has 0 radical (unpaired) electrons. The largest absolute Gasteiger partial charge is 0.462 e. The zero-order valence-corrected chi connectivity index (χ0v) is 20.4. The molecule has 2 aromatic rings. The van der Waals surface area contributed by atoms with E-state index < -0.39 is 10.9 Å². The van der Waals surface area contributed by atoms with Gasteiger partial charge in [-0.25, -0.2) is 4.79 Å². The molecule has 4 fully saturated rings. The van der Waals surface area contributed by atoms with E-state index in [0.29, 0.717) is 36.3 Å². The van der Waals surface area contributed by atoms with E-state index in [0.717, 1.165) is 37.7 Å². The maximum atomic E-state index is 12.8. The predicted octanol–water partition coefficient (Wildman–Crippen LogP) is 4.96. The normalized spacial score (nSPS) is 28.6. The fourth-order valence-corrected chi connectivity index (χ4v) is 6.94. The van der Waals surface area contributed by atoms with E-state index in [1.165, 1.54) is 6.20 Å². The number of nitrogens with zero attached hydrogens (tertiary/aromatic N) is 2. The van der Waals surface area contributed by atoms with Crippen LogP contribution in [0.1, 0.15) is 60.6 Å². The van der Waals surface area contributed by atoms with Gasteiger partial charge in [0, 0.05) is 25.8 Å². The molecule has 35 heavy (non-hydrogen) atoms. The molecule has 0 amide bonds. The number of carbonyl (C=O) groups is 1. The molecule has 3 unspecified atom stereocenters. The first-order valence-corrected chi connectivity index (χ1v) is 12.6. The van der Waals surface area contributed by atoms with Gasteiger partial charge in [-0.3, -0.25) is 15.1 Å². The van der Waals surface area contributed by atoms with Crippen LogP contribution in [0.25, 0.3) is 0 Å². The van der Waals surface area contributed by atoms with Crippen molar-refractivity contribution in [1.29, 1.82) is 0 Å². The number of benzene rings is 1. The highest BCUT2D eigenvalue weighted by atomic mass is 16.6. The van der Waals surface area contributed by atoms with Gasteiger partial charge in [0.2, 0.25) is 0 Å². The highest BCUT2D eigenvalue weighted by Gasteiger charge is 2.56. The smallest absolute Gasteiger partial charge is 0.342 e. The van der Waals surface area contributed by atoms with E-state index in [2.05, 4.69) is 10.3 Å². The maximum absolute atomic E-state index is 12.8. The molecule has 4 aliphatic carbocycles. The van der Waals surface area contributed by atoms with Gasteiger partial charge < -0.3 is 14.8 Å². The molecule has 0 spiro atoms. The Bertz CT molecular complexity index is 1090. The Kier molecular flexibility index (Phi) is 6.49. The molecular formula is C27H33N3O5. The Hall–Kier alpha value is -3.00. The molecule has 186 valence electrons. The van der Waals surface area contributed by atoms with Gasteiger partial charge in [0.05, 0.1) is 17.1 Å². The summed E-state index contributed by atoms with van der Waals surface area (Å²) in [5, 5.41) is 15.9. The molecule has 1 heterocycles. The second-order valence-corrected chi connectivity index (χ2v) is 10.3. The number of hydrogen-bond donors (Lipinski definition) is 1. The van der Waals surface area contributed by atoms with Crippen LogP contribution in [0.4, 0.5) is 11.4 Å². The van der Waals surface area contributed by atoms with Crippen molar-refractivity contribution in [2.24, 2.45) is 17.8 Å². The second kappa shape index (κ2) is 9.57. The zero-order chi connectivity index (χ0) is 24.6. The average Bonchev–Trinajstić information content (AvgIpc) is 2.85. The standard InChI is InChI=1S/C27H33N3O5/c1-3-35-26(31)21-16-28-22(10-9-17-7-5-4-6-8-17)25(30(32)33)24(21)29-23-19-11-18-12-20(23)15-27(13-18,14-19)34-2/h4-8,16,18-20,23H,3,9-15H2,1-2H3,(H,28,29)/t18?,19-,20+,23?,27?. The Morgan fingerprint density at radius 1 is 1.17 bits per heavy atom. The fraction of sp³-hybridized carbons (Fsp3) is 0.556. The van der Waals surface area contributed by atoms with Crippen molar-refractivity contribution >= 4 is 17.3 Å². The monoisotopic (exact) mass is 479 g/mol. The number of esters is 1. The summed E-state index contributed by atoms with van der Waals surface area (Å²) in [5.41, 5.74) is 1.68. The highest BCUT2D eigenvalue weighted by Crippen LogP contribution is 2.57. The summed E-state index contributed by atoms with van der Waals surface area (Å²) in [6, 6.07) is 9.90. The van der Waals surface area contributed by atoms with E-state index in [1.54, 1.807) is 14.0 Å². The Balaban J connectivity index is 1.50. The van der Waals surface area contributed by atoms with Crippen LogP contribution in [0.5, 0.6) is 0 Å². The van der Waals surface area contributed by atoms with Crippen LogP contribution in [0.3, 0.4) is 0 Å². The number of aryl methyl sites for hydroxylation is 2. The number of nitro groups is 1. The number of aromatic nitrogens is 1. The summed E-state index contributed by atoms with van der Waals surface area (Å²) in [6.07, 6.45) is 7.66. The molecule has 1 aromatic carbocycles. The predicted molar refractivity (Wildman–Crippen MR) is 131 cm³/mol. The molecule has 8 heteroatoms. The molecule has 4 aliphatic rings. The highest BCUT2D eigenvalue weighted by molar-refractivity contribution is 5.98. The minimum absolute atomic E-state index is 0.0612. The summed E-state index contributed by atoms with van der Waals surface area (Å²) in [7, 11) is 1.81. The summed E-state index contributed by atoms with van der Waals surface area (Å²) in [5.74, 6) is 0.773. The van der Waals surface area contributed by atoms with Crippen LogP contribution >= 0.6 is 0 Å². The topological polar surface area (TPSA) is 104 Å². The fourth-order valence-electron chi connectivity index (χ4n) is 6.94. The van der Waals surface area contributed by atoms with Crippen LogP contribution in [0.2, 0.25) is 0 Å². The first-order chi connectivity index (χ1) is 16.9. The molecule has 1 N–H and O–H groups in total. The van der Waals surface area contributed by atoms with Crippen molar-refractivity contribution in [2.75, 3.05) is 19.0 Å². The van der Waals surface area contributed by atoms with Gasteiger partial charge in [0.15, 0.2) is 0 Å². The number of ether oxygens (including phenoxy) is 2. The van der Waals surface area contributed by atoms with Gasteiger partial charge in [0.1, 0.15) is 16.9 Å².